The van der Waals surface area contributed by atoms with E-state index >= 15 is 0 Å². The fraction of sp³-hybridized carbons (Fsp3) is 0.150. The molecule has 0 aliphatic carbocycles. The normalized spacial score (nSPS) is 10.8. The molecule has 0 saturated heterocycles. The van der Waals surface area contributed by atoms with Gasteiger partial charge >= 0.3 is 0 Å². The van der Waals surface area contributed by atoms with Crippen LogP contribution in [0.4, 0.5) is 5.82 Å². The van der Waals surface area contributed by atoms with Crippen molar-refractivity contribution < 1.29 is 4.79 Å². The zero-order chi connectivity index (χ0) is 19.5. The van der Waals surface area contributed by atoms with E-state index < -0.39 is 0 Å². The van der Waals surface area contributed by atoms with Crippen LogP contribution in [0.2, 0.25) is 0 Å². The molecule has 0 fully saturated rings. The molecule has 140 valence electrons. The van der Waals surface area contributed by atoms with Gasteiger partial charge in [-0.15, -0.1) is 0 Å². The van der Waals surface area contributed by atoms with Crippen molar-refractivity contribution >= 4 is 22.8 Å². The summed E-state index contributed by atoms with van der Waals surface area (Å²) < 4.78 is 0. The molecule has 0 bridgehead atoms. The van der Waals surface area contributed by atoms with Gasteiger partial charge in [0.05, 0.1) is 18.1 Å². The number of carbonyl (C=O) groups excluding carboxylic acids is 1. The van der Waals surface area contributed by atoms with E-state index in [1.54, 1.807) is 26.5 Å². The number of amides is 1. The third-order valence-electron chi connectivity index (χ3n) is 4.26. The van der Waals surface area contributed by atoms with Crippen LogP contribution in [0.15, 0.2) is 55.2 Å². The number of hydrogen-bond acceptors (Lipinski definition) is 6. The Morgan fingerprint density at radius 1 is 1.14 bits per heavy atom. The first-order valence-electron chi connectivity index (χ1n) is 8.77. The molecule has 28 heavy (non-hydrogen) atoms. The van der Waals surface area contributed by atoms with Crippen LogP contribution in [0.5, 0.6) is 0 Å². The summed E-state index contributed by atoms with van der Waals surface area (Å²) in [7, 11) is 3.38. The molecule has 1 amide bonds. The second-order valence-electron chi connectivity index (χ2n) is 6.50. The second-order valence-corrected chi connectivity index (χ2v) is 6.50. The monoisotopic (exact) mass is 373 g/mol. The number of H-pyrrole nitrogens is 1. The van der Waals surface area contributed by atoms with Crippen molar-refractivity contribution in [2.75, 3.05) is 19.4 Å². The largest absolute Gasteiger partial charge is 0.366 e. The molecule has 0 atom stereocenters. The third-order valence-corrected chi connectivity index (χ3v) is 4.26. The van der Waals surface area contributed by atoms with Crippen LogP contribution in [0.1, 0.15) is 16.1 Å². The van der Waals surface area contributed by atoms with Gasteiger partial charge in [0.25, 0.3) is 5.91 Å². The maximum Gasteiger partial charge on any atom is 0.273 e. The summed E-state index contributed by atoms with van der Waals surface area (Å²) in [6.07, 6.45) is 8.50. The summed E-state index contributed by atoms with van der Waals surface area (Å²) >= 11 is 0. The average Bonchev–Trinajstić information content (AvgIpc) is 3.20. The Hall–Kier alpha value is -3.81. The van der Waals surface area contributed by atoms with Crippen molar-refractivity contribution in [1.82, 2.24) is 29.8 Å². The zero-order valence-electron chi connectivity index (χ0n) is 15.5. The molecule has 0 aliphatic heterocycles. The molecule has 0 spiro atoms. The fourth-order valence-corrected chi connectivity index (χ4v) is 2.86. The maximum atomic E-state index is 12.3. The van der Waals surface area contributed by atoms with E-state index in [4.69, 9.17) is 0 Å². The van der Waals surface area contributed by atoms with Crippen molar-refractivity contribution in [3.63, 3.8) is 0 Å². The molecule has 4 aromatic rings. The van der Waals surface area contributed by atoms with Gasteiger partial charge in [-0.2, -0.15) is 0 Å². The molecular formula is C20H19N7O. The summed E-state index contributed by atoms with van der Waals surface area (Å²) in [6.45, 7) is 0.595. The predicted octanol–water partition coefficient (Wildman–Crippen LogP) is 2.73. The molecule has 4 rings (SSSR count). The molecule has 2 N–H and O–H groups in total. The van der Waals surface area contributed by atoms with Gasteiger partial charge in [0.15, 0.2) is 0 Å². The highest BCUT2D eigenvalue weighted by atomic mass is 16.2. The lowest BCUT2D eigenvalue weighted by Crippen LogP contribution is -2.23. The molecule has 0 saturated carbocycles. The van der Waals surface area contributed by atoms with E-state index in [0.717, 1.165) is 22.2 Å². The predicted molar refractivity (Wildman–Crippen MR) is 107 cm³/mol. The first-order valence-corrected chi connectivity index (χ1v) is 8.77. The van der Waals surface area contributed by atoms with Gasteiger partial charge in [0.1, 0.15) is 17.2 Å². The summed E-state index contributed by atoms with van der Waals surface area (Å²) in [5, 5.41) is 4.23. The van der Waals surface area contributed by atoms with Crippen molar-refractivity contribution in [3.8, 4) is 11.3 Å². The van der Waals surface area contributed by atoms with Crippen LogP contribution in [0.3, 0.4) is 0 Å². The number of nitrogens with one attached hydrogen (secondary N) is 2. The van der Waals surface area contributed by atoms with Crippen LogP contribution in [-0.2, 0) is 6.54 Å². The van der Waals surface area contributed by atoms with E-state index in [0.29, 0.717) is 23.8 Å². The van der Waals surface area contributed by atoms with Crippen LogP contribution in [0.25, 0.3) is 22.3 Å². The number of hydrogen-bond donors (Lipinski definition) is 2. The molecule has 0 radical (unpaired) electrons. The maximum absolute atomic E-state index is 12.3. The van der Waals surface area contributed by atoms with Crippen LogP contribution in [0, 0.1) is 0 Å². The topological polar surface area (TPSA) is 99.7 Å². The quantitative estimate of drug-likeness (QED) is 0.558. The minimum Gasteiger partial charge on any atom is -0.366 e. The van der Waals surface area contributed by atoms with Crippen molar-refractivity contribution in [3.05, 3.63) is 66.5 Å². The summed E-state index contributed by atoms with van der Waals surface area (Å²) in [6, 6.07) is 7.74. The van der Waals surface area contributed by atoms with Gasteiger partial charge in [-0.25, -0.2) is 9.97 Å². The summed E-state index contributed by atoms with van der Waals surface area (Å²) in [4.78, 5) is 34.3. The number of carbonyl (C=O) groups is 1. The first kappa shape index (κ1) is 17.6. The van der Waals surface area contributed by atoms with Gasteiger partial charge in [0.2, 0.25) is 0 Å². The lowest BCUT2D eigenvalue weighted by molar-refractivity contribution is 0.0821. The Labute approximate surface area is 161 Å². The number of aromatic nitrogens is 5. The van der Waals surface area contributed by atoms with Gasteiger partial charge in [-0.1, -0.05) is 6.07 Å². The first-order chi connectivity index (χ1) is 13.6. The highest BCUT2D eigenvalue weighted by Gasteiger charge is 2.15. The highest BCUT2D eigenvalue weighted by molar-refractivity contribution is 5.95. The second kappa shape index (κ2) is 7.43. The number of fused-ring (bicyclic) bond motifs is 1. The minimum absolute atomic E-state index is 0.191. The van der Waals surface area contributed by atoms with E-state index in [-0.39, 0.29) is 5.91 Å². The molecular weight excluding hydrogens is 354 g/mol. The summed E-state index contributed by atoms with van der Waals surface area (Å²) in [5.41, 5.74) is 3.55. The Kier molecular flexibility index (Phi) is 4.67. The SMILES string of the molecule is CN(C)C(=O)c1cncc(-c2cc(NCc3cccnc3)nc3[nH]ccc23)n1. The van der Waals surface area contributed by atoms with E-state index in [9.17, 15) is 4.79 Å². The van der Waals surface area contributed by atoms with Crippen LogP contribution < -0.4 is 5.32 Å². The van der Waals surface area contributed by atoms with E-state index in [1.807, 2.05) is 36.7 Å². The highest BCUT2D eigenvalue weighted by Crippen LogP contribution is 2.28. The standard InChI is InChI=1S/C20H19N7O/c1-27(2)20(28)17-12-22-11-16(25-17)15-8-18(26-19-14(15)5-7-23-19)24-10-13-4-3-6-21-9-13/h3-9,11-12H,10H2,1-2H3,(H2,23,24,26). The van der Waals surface area contributed by atoms with E-state index in [1.165, 1.54) is 11.1 Å². The lowest BCUT2D eigenvalue weighted by Gasteiger charge is -2.11. The molecule has 0 aromatic carbocycles. The van der Waals surface area contributed by atoms with Crippen LogP contribution in [-0.4, -0.2) is 49.8 Å². The van der Waals surface area contributed by atoms with E-state index in [2.05, 4.69) is 30.2 Å². The number of rotatable bonds is 5. The lowest BCUT2D eigenvalue weighted by atomic mass is 10.1. The number of anilines is 1. The number of nitrogens with zero attached hydrogens (tertiary/aromatic N) is 5. The third kappa shape index (κ3) is 3.52. The molecule has 0 unspecified atom stereocenters. The number of aromatic amines is 1. The Morgan fingerprint density at radius 3 is 2.82 bits per heavy atom. The van der Waals surface area contributed by atoms with Gasteiger partial charge in [0, 0.05) is 50.2 Å². The minimum atomic E-state index is -0.191. The Balaban J connectivity index is 1.71. The van der Waals surface area contributed by atoms with Crippen molar-refractivity contribution in [1.29, 1.82) is 0 Å². The molecule has 4 heterocycles. The van der Waals surface area contributed by atoms with Gasteiger partial charge in [-0.05, 0) is 23.8 Å². The van der Waals surface area contributed by atoms with Crippen molar-refractivity contribution in [2.24, 2.45) is 0 Å². The smallest absolute Gasteiger partial charge is 0.273 e. The molecule has 8 heteroatoms. The molecule has 4 aromatic heterocycles. The molecule has 8 nitrogen and oxygen atoms in total. The molecule has 0 aliphatic rings. The van der Waals surface area contributed by atoms with Crippen molar-refractivity contribution in [2.45, 2.75) is 6.54 Å². The average molecular weight is 373 g/mol. The van der Waals surface area contributed by atoms with Gasteiger partial charge < -0.3 is 15.2 Å². The van der Waals surface area contributed by atoms with Gasteiger partial charge in [-0.3, -0.25) is 14.8 Å². The number of pyridine rings is 2. The Morgan fingerprint density at radius 2 is 2.04 bits per heavy atom. The Bertz CT molecular complexity index is 1120. The zero-order valence-corrected chi connectivity index (χ0v) is 15.5. The fourth-order valence-electron chi connectivity index (χ4n) is 2.86. The van der Waals surface area contributed by atoms with Crippen LogP contribution >= 0.6 is 0 Å². The summed E-state index contributed by atoms with van der Waals surface area (Å²) in [5.74, 6) is 0.503.